The van der Waals surface area contributed by atoms with E-state index in [0.717, 1.165) is 12.1 Å². The first-order valence-electron chi connectivity index (χ1n) is 21.2. The van der Waals surface area contributed by atoms with Gasteiger partial charge in [0.2, 0.25) is 0 Å². The fourth-order valence-electron chi connectivity index (χ4n) is 10.1. The molecule has 0 saturated heterocycles. The van der Waals surface area contributed by atoms with E-state index in [1.54, 1.807) is 0 Å². The minimum atomic E-state index is 0.331. The van der Waals surface area contributed by atoms with Crippen LogP contribution < -0.4 is 0 Å². The summed E-state index contributed by atoms with van der Waals surface area (Å²) in [6, 6.07) is 74.0. The van der Waals surface area contributed by atoms with Gasteiger partial charge in [0.25, 0.3) is 0 Å². The third-order valence-corrected chi connectivity index (χ3v) is 14.3. The maximum Gasteiger partial charge on any atom is 0.0541 e. The molecule has 0 aliphatic heterocycles. The van der Waals surface area contributed by atoms with Crippen molar-refractivity contribution in [3.8, 4) is 33.6 Å². The van der Waals surface area contributed by atoms with Crippen molar-refractivity contribution in [1.29, 1.82) is 0 Å². The van der Waals surface area contributed by atoms with E-state index in [0.29, 0.717) is 5.92 Å². The lowest BCUT2D eigenvalue weighted by atomic mass is 9.88. The highest BCUT2D eigenvalue weighted by Crippen LogP contribution is 2.43. The van der Waals surface area contributed by atoms with Crippen LogP contribution in [-0.4, -0.2) is 9.13 Å². The van der Waals surface area contributed by atoms with Crippen LogP contribution in [0.25, 0.3) is 104 Å². The van der Waals surface area contributed by atoms with Crippen LogP contribution in [0.3, 0.4) is 0 Å². The summed E-state index contributed by atoms with van der Waals surface area (Å²) in [4.78, 5) is 1.48. The number of para-hydroxylation sites is 2. The van der Waals surface area contributed by atoms with Gasteiger partial charge in [-0.1, -0.05) is 133 Å². The Labute approximate surface area is 357 Å². The van der Waals surface area contributed by atoms with E-state index >= 15 is 0 Å². The Morgan fingerprint density at radius 2 is 0.951 bits per heavy atom. The van der Waals surface area contributed by atoms with Gasteiger partial charge < -0.3 is 9.13 Å². The molecule has 0 radical (unpaired) electrons. The molecule has 1 aliphatic carbocycles. The predicted molar refractivity (Wildman–Crippen MR) is 261 cm³/mol. The van der Waals surface area contributed by atoms with Gasteiger partial charge in [0, 0.05) is 48.4 Å². The van der Waals surface area contributed by atoms with E-state index in [1.165, 1.54) is 108 Å². The third kappa shape index (κ3) is 5.48. The third-order valence-electron chi connectivity index (χ3n) is 13.1. The average molecular weight is 795 g/mol. The summed E-state index contributed by atoms with van der Waals surface area (Å²) in [6.07, 6.45) is 5.82. The van der Waals surface area contributed by atoms with E-state index in [-0.39, 0.29) is 0 Å². The summed E-state index contributed by atoms with van der Waals surface area (Å²) < 4.78 is 6.22. The molecule has 3 aromatic heterocycles. The Kier molecular flexibility index (Phi) is 7.64. The topological polar surface area (TPSA) is 9.86 Å². The average Bonchev–Trinajstić information content (AvgIpc) is 3.98. The van der Waals surface area contributed by atoms with Gasteiger partial charge in [0.15, 0.2) is 0 Å². The van der Waals surface area contributed by atoms with E-state index in [1.807, 2.05) is 11.3 Å². The molecule has 13 rings (SSSR count). The first-order valence-corrected chi connectivity index (χ1v) is 22.0. The van der Waals surface area contributed by atoms with Gasteiger partial charge in [0.05, 0.1) is 22.1 Å². The minimum absolute atomic E-state index is 0.331. The highest BCUT2D eigenvalue weighted by atomic mass is 32.1. The quantitative estimate of drug-likeness (QED) is 0.164. The molecule has 0 fully saturated rings. The molecule has 1 unspecified atom stereocenters. The number of nitrogens with zero attached hydrogens (tertiary/aromatic N) is 2. The van der Waals surface area contributed by atoms with Crippen LogP contribution in [0.1, 0.15) is 21.9 Å². The zero-order valence-corrected chi connectivity index (χ0v) is 34.1. The molecule has 0 saturated carbocycles. The van der Waals surface area contributed by atoms with Crippen molar-refractivity contribution in [1.82, 2.24) is 9.13 Å². The summed E-state index contributed by atoms with van der Waals surface area (Å²) in [5.41, 5.74) is 14.8. The first-order chi connectivity index (χ1) is 30.2. The minimum Gasteiger partial charge on any atom is -0.309 e. The lowest BCUT2D eigenvalue weighted by Gasteiger charge is -2.18. The summed E-state index contributed by atoms with van der Waals surface area (Å²) in [5.74, 6) is 0.331. The summed E-state index contributed by atoms with van der Waals surface area (Å²) in [7, 11) is 0. The van der Waals surface area contributed by atoms with Crippen LogP contribution in [-0.2, 0) is 6.42 Å². The van der Waals surface area contributed by atoms with Crippen molar-refractivity contribution in [2.75, 3.05) is 0 Å². The molecule has 12 aromatic rings. The highest BCUT2D eigenvalue weighted by Gasteiger charge is 2.22. The molecule has 9 aromatic carbocycles. The fraction of sp³-hybridized carbons (Fsp3) is 0.0345. The number of hydrogen-bond acceptors (Lipinski definition) is 1. The molecule has 0 amide bonds. The number of allylic oxidation sites excluding steroid dienone is 1. The molecule has 2 nitrogen and oxygen atoms in total. The van der Waals surface area contributed by atoms with Crippen LogP contribution >= 0.6 is 11.3 Å². The highest BCUT2D eigenvalue weighted by molar-refractivity contribution is 7.19. The van der Waals surface area contributed by atoms with E-state index in [4.69, 9.17) is 0 Å². The molecule has 0 spiro atoms. The first kappa shape index (κ1) is 34.4. The van der Waals surface area contributed by atoms with Crippen LogP contribution in [0, 0.1) is 0 Å². The van der Waals surface area contributed by atoms with Gasteiger partial charge in [-0.05, 0) is 135 Å². The number of fused-ring (bicyclic) bond motifs is 10. The smallest absolute Gasteiger partial charge is 0.0541 e. The largest absolute Gasteiger partial charge is 0.309 e. The maximum atomic E-state index is 2.47. The number of thiophene rings is 1. The summed E-state index contributed by atoms with van der Waals surface area (Å²) >= 11 is 1.95. The standard InChI is InChI=1S/C58H38N2S/c1-2-12-45(13-3-1)59-55-30-24-42(34-51(55)52-35-43(25-31-56(52)59)44-22-28-49-48-15-7-9-17-57(48)61-58(49)36-44)41-23-29-54-50(33-41)47-14-6-8-16-53(47)60(54)46-26-20-38(21-27-46)40-19-18-37-10-4-5-11-39(37)32-40/h1-35,44H,36H2. The zero-order chi connectivity index (χ0) is 40.0. The predicted octanol–water partition coefficient (Wildman–Crippen LogP) is 15.9. The summed E-state index contributed by atoms with van der Waals surface area (Å²) in [5, 5.41) is 8.97. The number of benzene rings is 9. The Morgan fingerprint density at radius 3 is 1.74 bits per heavy atom. The van der Waals surface area contributed by atoms with Gasteiger partial charge in [-0.2, -0.15) is 0 Å². The molecular weight excluding hydrogens is 757 g/mol. The monoisotopic (exact) mass is 794 g/mol. The van der Waals surface area contributed by atoms with Crippen molar-refractivity contribution in [3.63, 3.8) is 0 Å². The van der Waals surface area contributed by atoms with Crippen LogP contribution in [0.5, 0.6) is 0 Å². The molecule has 0 bridgehead atoms. The van der Waals surface area contributed by atoms with Gasteiger partial charge in [-0.3, -0.25) is 0 Å². The molecule has 286 valence electrons. The number of rotatable bonds is 5. The molecular formula is C58H38N2S. The van der Waals surface area contributed by atoms with Crippen molar-refractivity contribution < 1.29 is 0 Å². The van der Waals surface area contributed by atoms with Crippen molar-refractivity contribution in [2.45, 2.75) is 12.3 Å². The van der Waals surface area contributed by atoms with Crippen LogP contribution in [0.15, 0.2) is 206 Å². The second-order valence-electron chi connectivity index (χ2n) is 16.5. The molecule has 3 heterocycles. The SMILES string of the molecule is C1=CC(c2ccc3c(c2)c2cc(-c4ccc5c(c4)c4ccccc4n5-c4ccc(-c5ccc6ccccc6c5)cc4)ccc2n3-c2ccccc2)Cc2sc3ccccc3c21. The molecule has 1 atom stereocenters. The fourth-order valence-corrected chi connectivity index (χ4v) is 11.3. The lowest BCUT2D eigenvalue weighted by molar-refractivity contribution is 0.843. The Bertz CT molecular complexity index is 3730. The second-order valence-corrected chi connectivity index (χ2v) is 17.6. The van der Waals surface area contributed by atoms with Crippen molar-refractivity contribution >= 4 is 81.9 Å². The van der Waals surface area contributed by atoms with E-state index < -0.39 is 0 Å². The second kappa shape index (κ2) is 13.5. The van der Waals surface area contributed by atoms with Gasteiger partial charge in [0.1, 0.15) is 0 Å². The van der Waals surface area contributed by atoms with E-state index in [9.17, 15) is 0 Å². The van der Waals surface area contributed by atoms with Crippen molar-refractivity contribution in [3.05, 3.63) is 222 Å². The Balaban J connectivity index is 0.917. The molecule has 61 heavy (non-hydrogen) atoms. The van der Waals surface area contributed by atoms with Crippen LogP contribution in [0.4, 0.5) is 0 Å². The van der Waals surface area contributed by atoms with Gasteiger partial charge in [-0.25, -0.2) is 0 Å². The molecule has 0 N–H and O–H groups in total. The lowest BCUT2D eigenvalue weighted by Crippen LogP contribution is -2.03. The van der Waals surface area contributed by atoms with Gasteiger partial charge >= 0.3 is 0 Å². The number of aromatic nitrogens is 2. The Hall–Kier alpha value is -7.46. The number of hydrogen-bond donors (Lipinski definition) is 0. The van der Waals surface area contributed by atoms with Crippen LogP contribution in [0.2, 0.25) is 0 Å². The summed E-state index contributed by atoms with van der Waals surface area (Å²) in [6.45, 7) is 0. The molecule has 1 aliphatic rings. The van der Waals surface area contributed by atoms with Gasteiger partial charge in [-0.15, -0.1) is 11.3 Å². The maximum absolute atomic E-state index is 2.47. The zero-order valence-electron chi connectivity index (χ0n) is 33.3. The Morgan fingerprint density at radius 1 is 0.393 bits per heavy atom. The van der Waals surface area contributed by atoms with Crippen molar-refractivity contribution in [2.24, 2.45) is 0 Å². The van der Waals surface area contributed by atoms with E-state index in [2.05, 4.69) is 221 Å². The normalized spacial score (nSPS) is 13.9. The molecule has 3 heteroatoms.